The van der Waals surface area contributed by atoms with Gasteiger partial charge in [0.1, 0.15) is 0 Å². The number of carbonyl (C=O) groups excluding carboxylic acids is 1. The third-order valence-electron chi connectivity index (χ3n) is 4.80. The molecule has 0 aliphatic carbocycles. The van der Waals surface area contributed by atoms with Gasteiger partial charge in [-0.25, -0.2) is 13.6 Å². The van der Waals surface area contributed by atoms with Crippen molar-refractivity contribution < 1.29 is 13.2 Å². The first-order valence-electron chi connectivity index (χ1n) is 9.55. The van der Waals surface area contributed by atoms with Crippen LogP contribution in [0, 0.1) is 6.92 Å². The molecule has 0 spiro atoms. The number of primary sulfonamides is 1. The lowest BCUT2D eigenvalue weighted by Crippen LogP contribution is -2.40. The Kier molecular flexibility index (Phi) is 6.66. The van der Waals surface area contributed by atoms with Crippen molar-refractivity contribution in [3.8, 4) is 0 Å². The fraction of sp³-hybridized carbons (Fsp3) is 0.174. The summed E-state index contributed by atoms with van der Waals surface area (Å²) in [6, 6.07) is 23.2. The van der Waals surface area contributed by atoms with Gasteiger partial charge in [0.15, 0.2) is 0 Å². The number of rotatable bonds is 7. The molecule has 3 aromatic rings. The molecule has 0 fully saturated rings. The predicted molar refractivity (Wildman–Crippen MR) is 119 cm³/mol. The van der Waals surface area contributed by atoms with Crippen LogP contribution in [0.5, 0.6) is 0 Å². The molecule has 0 aromatic heterocycles. The Hall–Kier alpha value is -3.00. The highest BCUT2D eigenvalue weighted by Gasteiger charge is 2.21. The average Bonchev–Trinajstić information content (AvgIpc) is 2.73. The molecular weight excluding hydrogens is 398 g/mol. The molecule has 30 heavy (non-hydrogen) atoms. The summed E-state index contributed by atoms with van der Waals surface area (Å²) in [4.78, 5) is 12.7. The van der Waals surface area contributed by atoms with Gasteiger partial charge in [0.2, 0.25) is 15.9 Å². The van der Waals surface area contributed by atoms with Crippen molar-refractivity contribution >= 4 is 21.6 Å². The highest BCUT2D eigenvalue weighted by atomic mass is 32.2. The first kappa shape index (κ1) is 21.7. The summed E-state index contributed by atoms with van der Waals surface area (Å²) in [6.07, 6.45) is 0. The van der Waals surface area contributed by atoms with Gasteiger partial charge >= 0.3 is 0 Å². The van der Waals surface area contributed by atoms with Gasteiger partial charge < -0.3 is 5.32 Å². The number of nitrogens with two attached hydrogens (primary N) is 1. The van der Waals surface area contributed by atoms with Gasteiger partial charge in [-0.3, -0.25) is 10.1 Å². The Morgan fingerprint density at radius 3 is 2.00 bits per heavy atom. The molecule has 0 saturated carbocycles. The van der Waals surface area contributed by atoms with E-state index < -0.39 is 16.1 Å². The molecule has 6 nitrogen and oxygen atoms in total. The zero-order chi connectivity index (χ0) is 21.7. The topological polar surface area (TPSA) is 101 Å². The lowest BCUT2D eigenvalue weighted by atomic mass is 9.97. The molecule has 0 unspecified atom stereocenters. The van der Waals surface area contributed by atoms with E-state index in [1.54, 1.807) is 6.92 Å². The lowest BCUT2D eigenvalue weighted by Gasteiger charge is -2.24. The molecular formula is C23H25N3O3S. The molecule has 0 heterocycles. The molecule has 3 rings (SSSR count). The van der Waals surface area contributed by atoms with E-state index in [4.69, 9.17) is 5.14 Å². The van der Waals surface area contributed by atoms with Gasteiger partial charge in [-0.2, -0.15) is 0 Å². The molecule has 0 aliphatic rings. The maximum absolute atomic E-state index is 12.7. The lowest BCUT2D eigenvalue weighted by molar-refractivity contribution is -0.117. The van der Waals surface area contributed by atoms with Crippen molar-refractivity contribution in [1.29, 1.82) is 0 Å². The number of anilines is 1. The van der Waals surface area contributed by atoms with E-state index in [0.29, 0.717) is 5.69 Å². The second kappa shape index (κ2) is 9.21. The number of nitrogens with one attached hydrogen (secondary N) is 2. The molecule has 1 amide bonds. The Morgan fingerprint density at radius 1 is 0.867 bits per heavy atom. The first-order chi connectivity index (χ1) is 14.2. The summed E-state index contributed by atoms with van der Waals surface area (Å²) < 4.78 is 22.7. The van der Waals surface area contributed by atoms with E-state index in [-0.39, 0.29) is 16.8 Å². The standard InChI is InChI=1S/C23H25N3O3S/c1-16-8-10-19(11-9-16)22(18-6-4-3-5-7-18)25-17(2)23(27)26-20-12-14-21(15-13-20)30(24,28)29/h3-15,17,22,25H,1-2H3,(H,26,27)(H2,24,28,29)/t17-,22+/m1/s1. The summed E-state index contributed by atoms with van der Waals surface area (Å²) in [5.74, 6) is -0.230. The van der Waals surface area contributed by atoms with Crippen molar-refractivity contribution in [2.45, 2.75) is 30.8 Å². The Bertz CT molecular complexity index is 1100. The second-order valence-corrected chi connectivity index (χ2v) is 8.76. The van der Waals surface area contributed by atoms with Crippen LogP contribution in [0.1, 0.15) is 29.7 Å². The third kappa shape index (κ3) is 5.54. The highest BCUT2D eigenvalue weighted by molar-refractivity contribution is 7.89. The summed E-state index contributed by atoms with van der Waals surface area (Å²) in [5.41, 5.74) is 3.77. The first-order valence-corrected chi connectivity index (χ1v) is 11.1. The number of hydrogen-bond donors (Lipinski definition) is 3. The van der Waals surface area contributed by atoms with Gasteiger partial charge in [-0.1, -0.05) is 60.2 Å². The van der Waals surface area contributed by atoms with Gasteiger partial charge in [0.25, 0.3) is 0 Å². The predicted octanol–water partition coefficient (Wildman–Crippen LogP) is 3.35. The van der Waals surface area contributed by atoms with E-state index >= 15 is 0 Å². The van der Waals surface area contributed by atoms with Crippen molar-refractivity contribution in [3.63, 3.8) is 0 Å². The van der Waals surface area contributed by atoms with E-state index in [1.165, 1.54) is 29.8 Å². The van der Waals surface area contributed by atoms with E-state index in [1.807, 2.05) is 49.4 Å². The average molecular weight is 424 g/mol. The molecule has 0 aliphatic heterocycles. The number of amides is 1. The summed E-state index contributed by atoms with van der Waals surface area (Å²) >= 11 is 0. The van der Waals surface area contributed by atoms with Crippen molar-refractivity contribution in [3.05, 3.63) is 95.6 Å². The highest BCUT2D eigenvalue weighted by Crippen LogP contribution is 2.23. The van der Waals surface area contributed by atoms with Crippen molar-refractivity contribution in [2.24, 2.45) is 5.14 Å². The summed E-state index contributed by atoms with van der Waals surface area (Å²) in [5, 5.41) is 11.3. The van der Waals surface area contributed by atoms with Crippen LogP contribution < -0.4 is 15.8 Å². The zero-order valence-electron chi connectivity index (χ0n) is 16.9. The van der Waals surface area contributed by atoms with Gasteiger partial charge in [-0.15, -0.1) is 0 Å². The number of aryl methyl sites for hydroxylation is 1. The maximum atomic E-state index is 12.7. The van der Waals surface area contributed by atoms with Crippen molar-refractivity contribution in [2.75, 3.05) is 5.32 Å². The molecule has 7 heteroatoms. The second-order valence-electron chi connectivity index (χ2n) is 7.20. The third-order valence-corrected chi connectivity index (χ3v) is 5.73. The van der Waals surface area contributed by atoms with Crippen LogP contribution in [0.3, 0.4) is 0 Å². The minimum atomic E-state index is -3.77. The summed E-state index contributed by atoms with van der Waals surface area (Å²) in [6.45, 7) is 3.82. The number of sulfonamides is 1. The smallest absolute Gasteiger partial charge is 0.241 e. The van der Waals surface area contributed by atoms with Gasteiger partial charge in [0, 0.05) is 5.69 Å². The van der Waals surface area contributed by atoms with Crippen LogP contribution >= 0.6 is 0 Å². The Labute approximate surface area is 177 Å². The van der Waals surface area contributed by atoms with E-state index in [9.17, 15) is 13.2 Å². The van der Waals surface area contributed by atoms with Crippen LogP contribution in [0.25, 0.3) is 0 Å². The number of benzene rings is 3. The van der Waals surface area contributed by atoms with Crippen LogP contribution in [0.4, 0.5) is 5.69 Å². The Morgan fingerprint density at radius 2 is 1.43 bits per heavy atom. The molecule has 0 radical (unpaired) electrons. The van der Waals surface area contributed by atoms with Gasteiger partial charge in [-0.05, 0) is 49.2 Å². The van der Waals surface area contributed by atoms with Crippen LogP contribution in [0.2, 0.25) is 0 Å². The number of carbonyl (C=O) groups is 1. The fourth-order valence-electron chi connectivity index (χ4n) is 3.09. The SMILES string of the molecule is Cc1ccc([C@@H](N[C@H](C)C(=O)Nc2ccc(S(N)(=O)=O)cc2)c2ccccc2)cc1. The minimum Gasteiger partial charge on any atom is -0.325 e. The Balaban J connectivity index is 1.75. The fourth-order valence-corrected chi connectivity index (χ4v) is 3.61. The number of hydrogen-bond acceptors (Lipinski definition) is 4. The normalized spacial score (nSPS) is 13.4. The quantitative estimate of drug-likeness (QED) is 0.542. The molecule has 0 saturated heterocycles. The molecule has 4 N–H and O–H groups in total. The molecule has 156 valence electrons. The summed E-state index contributed by atoms with van der Waals surface area (Å²) in [7, 11) is -3.77. The maximum Gasteiger partial charge on any atom is 0.241 e. The van der Waals surface area contributed by atoms with Crippen LogP contribution in [0.15, 0.2) is 83.8 Å². The van der Waals surface area contributed by atoms with Crippen LogP contribution in [-0.4, -0.2) is 20.4 Å². The minimum absolute atomic E-state index is 0.00446. The molecule has 2 atom stereocenters. The zero-order valence-corrected chi connectivity index (χ0v) is 17.7. The van der Waals surface area contributed by atoms with E-state index in [0.717, 1.165) is 11.1 Å². The monoisotopic (exact) mass is 423 g/mol. The van der Waals surface area contributed by atoms with Crippen LogP contribution in [-0.2, 0) is 14.8 Å². The molecule has 3 aromatic carbocycles. The largest absolute Gasteiger partial charge is 0.325 e. The van der Waals surface area contributed by atoms with Gasteiger partial charge in [0.05, 0.1) is 17.0 Å². The van der Waals surface area contributed by atoms with E-state index in [2.05, 4.69) is 22.8 Å². The van der Waals surface area contributed by atoms with Crippen molar-refractivity contribution in [1.82, 2.24) is 5.32 Å². The molecule has 0 bridgehead atoms.